The van der Waals surface area contributed by atoms with E-state index in [1.165, 1.54) is 20.0 Å². The van der Waals surface area contributed by atoms with Crippen molar-refractivity contribution in [2.75, 3.05) is 7.11 Å². The van der Waals surface area contributed by atoms with Gasteiger partial charge >= 0.3 is 5.97 Å². The largest absolute Gasteiger partial charge is 0.468 e. The second kappa shape index (κ2) is 3.59. The van der Waals surface area contributed by atoms with Crippen LogP contribution in [0.15, 0.2) is 18.2 Å². The van der Waals surface area contributed by atoms with Crippen LogP contribution in [0.3, 0.4) is 0 Å². The lowest BCUT2D eigenvalue weighted by Crippen LogP contribution is -2.21. The molecule has 19 heavy (non-hydrogen) atoms. The Morgan fingerprint density at radius 3 is 2.84 bits per heavy atom. The zero-order chi connectivity index (χ0) is 13.0. The van der Waals surface area contributed by atoms with Gasteiger partial charge in [0, 0.05) is 5.92 Å². The molecule has 4 rings (SSSR count). The Labute approximate surface area is 111 Å². The van der Waals surface area contributed by atoms with Gasteiger partial charge in [-0.15, -0.1) is 0 Å². The number of hydrogen-bond donors (Lipinski definition) is 1. The number of H-pyrrole nitrogens is 1. The van der Waals surface area contributed by atoms with E-state index in [1.807, 2.05) is 12.1 Å². The number of rotatable bonds is 3. The van der Waals surface area contributed by atoms with E-state index in [-0.39, 0.29) is 5.97 Å². The van der Waals surface area contributed by atoms with Crippen LogP contribution in [0.5, 0.6) is 0 Å². The van der Waals surface area contributed by atoms with Gasteiger partial charge in [0.25, 0.3) is 0 Å². The van der Waals surface area contributed by atoms with Crippen molar-refractivity contribution in [3.8, 4) is 0 Å². The Morgan fingerprint density at radius 1 is 1.42 bits per heavy atom. The number of benzene rings is 1. The normalized spacial score (nSPS) is 20.5. The van der Waals surface area contributed by atoms with E-state index in [2.05, 4.69) is 16.0 Å². The van der Waals surface area contributed by atoms with Crippen molar-refractivity contribution in [3.05, 3.63) is 29.6 Å². The summed E-state index contributed by atoms with van der Waals surface area (Å²) in [6.45, 7) is 0. The van der Waals surface area contributed by atoms with Gasteiger partial charge in [0.2, 0.25) is 0 Å². The Bertz CT molecular complexity index is 666. The van der Waals surface area contributed by atoms with Crippen LogP contribution < -0.4 is 0 Å². The van der Waals surface area contributed by atoms with E-state index in [4.69, 9.17) is 4.74 Å². The van der Waals surface area contributed by atoms with Crippen molar-refractivity contribution in [2.24, 2.45) is 0 Å². The topological polar surface area (TPSA) is 55.0 Å². The van der Waals surface area contributed by atoms with E-state index < -0.39 is 5.41 Å². The molecule has 1 heterocycles. The number of carbonyl (C=O) groups excluding carboxylic acids is 1. The molecule has 2 aromatic rings. The predicted molar refractivity (Wildman–Crippen MR) is 71.0 cm³/mol. The molecule has 0 bridgehead atoms. The Kier molecular flexibility index (Phi) is 2.08. The quantitative estimate of drug-likeness (QED) is 0.859. The summed E-state index contributed by atoms with van der Waals surface area (Å²) in [6, 6.07) is 6.10. The molecule has 0 saturated heterocycles. The SMILES string of the molecule is COC(=O)C1(c2ccc3nc(C4CC4)[nH]c3c2)CC1. The molecule has 4 heteroatoms. The zero-order valence-electron chi connectivity index (χ0n) is 10.9. The average molecular weight is 256 g/mol. The highest BCUT2D eigenvalue weighted by atomic mass is 16.5. The van der Waals surface area contributed by atoms with E-state index in [1.54, 1.807) is 0 Å². The number of nitrogens with zero attached hydrogens (tertiary/aromatic N) is 1. The van der Waals surface area contributed by atoms with Crippen LogP contribution in [-0.2, 0) is 14.9 Å². The molecule has 0 amide bonds. The molecule has 0 atom stereocenters. The monoisotopic (exact) mass is 256 g/mol. The first-order chi connectivity index (χ1) is 9.23. The fraction of sp³-hybridized carbons (Fsp3) is 0.467. The summed E-state index contributed by atoms with van der Waals surface area (Å²) < 4.78 is 4.93. The van der Waals surface area contributed by atoms with Gasteiger partial charge in [-0.2, -0.15) is 0 Å². The Balaban J connectivity index is 1.77. The van der Waals surface area contributed by atoms with Gasteiger partial charge in [-0.05, 0) is 43.4 Å². The van der Waals surface area contributed by atoms with Crippen LogP contribution in [0.4, 0.5) is 0 Å². The summed E-state index contributed by atoms with van der Waals surface area (Å²) >= 11 is 0. The van der Waals surface area contributed by atoms with Crippen LogP contribution >= 0.6 is 0 Å². The number of imidazole rings is 1. The van der Waals surface area contributed by atoms with Crippen LogP contribution in [0.1, 0.15) is 43.0 Å². The van der Waals surface area contributed by atoms with Gasteiger partial charge < -0.3 is 9.72 Å². The number of aromatic amines is 1. The van der Waals surface area contributed by atoms with Gasteiger partial charge in [-0.3, -0.25) is 4.79 Å². The lowest BCUT2D eigenvalue weighted by molar-refractivity contribution is -0.143. The van der Waals surface area contributed by atoms with E-state index in [0.717, 1.165) is 35.3 Å². The highest BCUT2D eigenvalue weighted by Crippen LogP contribution is 2.49. The van der Waals surface area contributed by atoms with E-state index in [9.17, 15) is 4.79 Å². The second-order valence-electron chi connectivity index (χ2n) is 5.70. The summed E-state index contributed by atoms with van der Waals surface area (Å²) in [7, 11) is 1.46. The van der Waals surface area contributed by atoms with Crippen molar-refractivity contribution in [2.45, 2.75) is 37.0 Å². The third-order valence-corrected chi connectivity index (χ3v) is 4.34. The zero-order valence-corrected chi connectivity index (χ0v) is 10.9. The molecule has 4 nitrogen and oxygen atoms in total. The standard InChI is InChI=1S/C15H16N2O2/c1-19-14(18)15(6-7-15)10-4-5-11-12(8-10)17-13(16-11)9-2-3-9/h4-5,8-9H,2-3,6-7H2,1H3,(H,16,17). The fourth-order valence-electron chi connectivity index (χ4n) is 2.81. The molecule has 1 aromatic heterocycles. The molecule has 2 aliphatic rings. The molecule has 98 valence electrons. The van der Waals surface area contributed by atoms with Gasteiger partial charge in [-0.1, -0.05) is 6.07 Å². The van der Waals surface area contributed by atoms with E-state index >= 15 is 0 Å². The fourth-order valence-corrected chi connectivity index (χ4v) is 2.81. The van der Waals surface area contributed by atoms with Crippen molar-refractivity contribution in [1.82, 2.24) is 9.97 Å². The van der Waals surface area contributed by atoms with Gasteiger partial charge in [0.1, 0.15) is 5.82 Å². The predicted octanol–water partition coefficient (Wildman–Crippen LogP) is 2.64. The van der Waals surface area contributed by atoms with Crippen molar-refractivity contribution >= 4 is 17.0 Å². The van der Waals surface area contributed by atoms with Crippen molar-refractivity contribution in [1.29, 1.82) is 0 Å². The van der Waals surface area contributed by atoms with Crippen molar-refractivity contribution in [3.63, 3.8) is 0 Å². The number of hydrogen-bond acceptors (Lipinski definition) is 3. The molecule has 0 spiro atoms. The third-order valence-electron chi connectivity index (χ3n) is 4.34. The molecular formula is C15H16N2O2. The summed E-state index contributed by atoms with van der Waals surface area (Å²) in [6.07, 6.45) is 4.24. The molecule has 0 radical (unpaired) electrons. The molecule has 2 aliphatic carbocycles. The maximum Gasteiger partial charge on any atom is 0.316 e. The third kappa shape index (κ3) is 1.59. The number of fused-ring (bicyclic) bond motifs is 1. The molecule has 0 unspecified atom stereocenters. The first-order valence-electron chi connectivity index (χ1n) is 6.81. The number of aromatic nitrogens is 2. The molecule has 1 N–H and O–H groups in total. The van der Waals surface area contributed by atoms with Crippen LogP contribution in [0.2, 0.25) is 0 Å². The molecular weight excluding hydrogens is 240 g/mol. The van der Waals surface area contributed by atoms with Gasteiger partial charge in [0.15, 0.2) is 0 Å². The lowest BCUT2D eigenvalue weighted by Gasteiger charge is -2.12. The van der Waals surface area contributed by atoms with Gasteiger partial charge in [-0.25, -0.2) is 4.98 Å². The number of methoxy groups -OCH3 is 1. The first-order valence-corrected chi connectivity index (χ1v) is 6.81. The summed E-state index contributed by atoms with van der Waals surface area (Å²) in [4.78, 5) is 19.9. The number of esters is 1. The van der Waals surface area contributed by atoms with E-state index in [0.29, 0.717) is 5.92 Å². The minimum absolute atomic E-state index is 0.117. The maximum absolute atomic E-state index is 11.9. The van der Waals surface area contributed by atoms with Gasteiger partial charge in [0.05, 0.1) is 23.6 Å². The summed E-state index contributed by atoms with van der Waals surface area (Å²) in [5, 5.41) is 0. The minimum atomic E-state index is -0.395. The second-order valence-corrected chi connectivity index (χ2v) is 5.70. The Hall–Kier alpha value is -1.84. The smallest absolute Gasteiger partial charge is 0.316 e. The summed E-state index contributed by atoms with van der Waals surface area (Å²) in [5.74, 6) is 1.59. The number of carbonyl (C=O) groups is 1. The molecule has 2 fully saturated rings. The lowest BCUT2D eigenvalue weighted by atomic mass is 9.96. The highest BCUT2D eigenvalue weighted by molar-refractivity contribution is 5.88. The van der Waals surface area contributed by atoms with Crippen LogP contribution in [0.25, 0.3) is 11.0 Å². The maximum atomic E-state index is 11.9. The number of nitrogens with one attached hydrogen (secondary N) is 1. The minimum Gasteiger partial charge on any atom is -0.468 e. The number of ether oxygens (including phenoxy) is 1. The molecule has 0 aliphatic heterocycles. The first kappa shape index (κ1) is 11.0. The molecule has 2 saturated carbocycles. The molecule has 1 aromatic carbocycles. The summed E-state index contributed by atoms with van der Waals surface area (Å²) in [5.41, 5.74) is 2.69. The van der Waals surface area contributed by atoms with Crippen LogP contribution in [-0.4, -0.2) is 23.0 Å². The Morgan fingerprint density at radius 2 is 2.21 bits per heavy atom. The highest BCUT2D eigenvalue weighted by Gasteiger charge is 2.52. The average Bonchev–Trinajstić information content (AvgIpc) is 3.33. The van der Waals surface area contributed by atoms with Crippen molar-refractivity contribution < 1.29 is 9.53 Å². The van der Waals surface area contributed by atoms with Crippen LogP contribution in [0, 0.1) is 0 Å².